The summed E-state index contributed by atoms with van der Waals surface area (Å²) in [5.41, 5.74) is 20.7. The number of fused-ring (bicyclic) bond motifs is 5. The highest BCUT2D eigenvalue weighted by Crippen LogP contribution is 2.54. The van der Waals surface area contributed by atoms with Gasteiger partial charge in [0.25, 0.3) is 0 Å². The van der Waals surface area contributed by atoms with Gasteiger partial charge >= 0.3 is 0 Å². The minimum Gasteiger partial charge on any atom is -0.314 e. The molecule has 0 spiro atoms. The number of para-hydroxylation sites is 2. The lowest BCUT2D eigenvalue weighted by atomic mass is 9.77. The SMILES string of the molecule is CC1CC(N(c2ccccc2)c2ccc(-c3ccc(N(c4ccccc4)c4ccc5c(c4)C(C)(C)c4ccccc4-5)cc3)cc2)=CC2=C1c1ccccc1C2(C)C. The Morgan fingerprint density at radius 1 is 0.421 bits per heavy atom. The van der Waals surface area contributed by atoms with Gasteiger partial charge in [0.15, 0.2) is 0 Å². The molecule has 7 aromatic rings. The molecule has 0 saturated heterocycles. The van der Waals surface area contributed by atoms with Crippen LogP contribution in [0.4, 0.5) is 28.4 Å². The van der Waals surface area contributed by atoms with Gasteiger partial charge in [-0.3, -0.25) is 0 Å². The first kappa shape index (κ1) is 35.1. The van der Waals surface area contributed by atoms with Crippen LogP contribution in [0.1, 0.15) is 63.3 Å². The van der Waals surface area contributed by atoms with Gasteiger partial charge in [-0.1, -0.05) is 150 Å². The lowest BCUT2D eigenvalue weighted by molar-refractivity contribution is 0.634. The standard InChI is InChI=1S/C55H48N2/c1-37-34-45(36-52-53(37)48-21-13-15-23-50(48)55(52,4)5)57(41-18-10-7-11-19-41)43-30-26-39(27-31-43)38-24-28-42(29-25-38)56(40-16-8-6-9-17-40)44-32-33-47-46-20-12-14-22-49(46)54(2,3)51(47)35-44/h6-33,35-37H,34H2,1-5H3. The van der Waals surface area contributed by atoms with Crippen LogP contribution >= 0.6 is 0 Å². The minimum atomic E-state index is -0.0681. The largest absolute Gasteiger partial charge is 0.314 e. The quantitative estimate of drug-likeness (QED) is 0.161. The first-order valence-corrected chi connectivity index (χ1v) is 20.4. The Bertz CT molecular complexity index is 2700. The second-order valence-corrected chi connectivity index (χ2v) is 17.1. The molecule has 2 heteroatoms. The monoisotopic (exact) mass is 736 g/mol. The van der Waals surface area contributed by atoms with E-state index < -0.39 is 0 Å². The predicted octanol–water partition coefficient (Wildman–Crippen LogP) is 14.9. The predicted molar refractivity (Wildman–Crippen MR) is 241 cm³/mol. The van der Waals surface area contributed by atoms with E-state index in [9.17, 15) is 0 Å². The van der Waals surface area contributed by atoms with Gasteiger partial charge in [0.05, 0.1) is 0 Å². The normalized spacial score (nSPS) is 16.9. The molecular formula is C55H48N2. The highest BCUT2D eigenvalue weighted by Gasteiger charge is 2.41. The van der Waals surface area contributed by atoms with E-state index >= 15 is 0 Å². The summed E-state index contributed by atoms with van der Waals surface area (Å²) in [7, 11) is 0. The van der Waals surface area contributed by atoms with E-state index in [1.807, 2.05) is 0 Å². The number of anilines is 5. The third kappa shape index (κ3) is 5.69. The number of nitrogens with zero attached hydrogens (tertiary/aromatic N) is 2. The first-order valence-electron chi connectivity index (χ1n) is 20.4. The molecule has 0 aromatic heterocycles. The molecule has 278 valence electrons. The highest BCUT2D eigenvalue weighted by molar-refractivity contribution is 5.88. The maximum Gasteiger partial charge on any atom is 0.0465 e. The van der Waals surface area contributed by atoms with Crippen LogP contribution < -0.4 is 9.80 Å². The zero-order chi connectivity index (χ0) is 38.9. The molecule has 3 aliphatic rings. The van der Waals surface area contributed by atoms with Gasteiger partial charge in [-0.25, -0.2) is 0 Å². The maximum atomic E-state index is 2.49. The molecule has 10 rings (SSSR count). The van der Waals surface area contributed by atoms with E-state index in [0.29, 0.717) is 5.92 Å². The van der Waals surface area contributed by atoms with Crippen molar-refractivity contribution in [2.75, 3.05) is 9.80 Å². The highest BCUT2D eigenvalue weighted by atomic mass is 15.2. The van der Waals surface area contributed by atoms with Crippen molar-refractivity contribution in [2.45, 2.75) is 51.9 Å². The maximum absolute atomic E-state index is 2.49. The molecule has 57 heavy (non-hydrogen) atoms. The summed E-state index contributed by atoms with van der Waals surface area (Å²) in [6, 6.07) is 64.7. The van der Waals surface area contributed by atoms with Crippen LogP contribution in [0.5, 0.6) is 0 Å². The van der Waals surface area contributed by atoms with Crippen LogP contribution in [-0.2, 0) is 10.8 Å². The molecular weight excluding hydrogens is 689 g/mol. The van der Waals surface area contributed by atoms with Gasteiger partial charge < -0.3 is 9.80 Å². The second-order valence-electron chi connectivity index (χ2n) is 17.1. The van der Waals surface area contributed by atoms with Crippen LogP contribution in [0.15, 0.2) is 193 Å². The number of hydrogen-bond donors (Lipinski definition) is 0. The second kappa shape index (κ2) is 13.4. The molecule has 0 N–H and O–H groups in total. The zero-order valence-corrected chi connectivity index (χ0v) is 33.5. The summed E-state index contributed by atoms with van der Waals surface area (Å²) in [6.45, 7) is 11.9. The molecule has 0 radical (unpaired) electrons. The van der Waals surface area contributed by atoms with Crippen molar-refractivity contribution in [1.29, 1.82) is 0 Å². The summed E-state index contributed by atoms with van der Waals surface area (Å²) < 4.78 is 0. The lowest BCUT2D eigenvalue weighted by Gasteiger charge is -2.35. The summed E-state index contributed by atoms with van der Waals surface area (Å²) >= 11 is 0. The topological polar surface area (TPSA) is 6.48 Å². The smallest absolute Gasteiger partial charge is 0.0465 e. The Labute approximate surface area is 338 Å². The number of benzene rings is 7. The zero-order valence-electron chi connectivity index (χ0n) is 33.5. The molecule has 0 heterocycles. The van der Waals surface area contributed by atoms with Crippen molar-refractivity contribution in [3.05, 3.63) is 216 Å². The van der Waals surface area contributed by atoms with E-state index in [4.69, 9.17) is 0 Å². The summed E-state index contributed by atoms with van der Waals surface area (Å²) in [5, 5.41) is 0. The third-order valence-corrected chi connectivity index (χ3v) is 12.9. The summed E-state index contributed by atoms with van der Waals surface area (Å²) in [4.78, 5) is 4.86. The molecule has 0 saturated carbocycles. The first-order chi connectivity index (χ1) is 27.7. The van der Waals surface area contributed by atoms with Gasteiger partial charge in [-0.05, 0) is 135 Å². The Morgan fingerprint density at radius 2 is 0.877 bits per heavy atom. The van der Waals surface area contributed by atoms with Crippen molar-refractivity contribution in [3.63, 3.8) is 0 Å². The molecule has 0 amide bonds. The summed E-state index contributed by atoms with van der Waals surface area (Å²) in [5.74, 6) is 0.418. The van der Waals surface area contributed by atoms with Crippen molar-refractivity contribution in [3.8, 4) is 22.3 Å². The number of allylic oxidation sites excluding steroid dienone is 4. The van der Waals surface area contributed by atoms with E-state index in [-0.39, 0.29) is 10.8 Å². The minimum absolute atomic E-state index is 0.0384. The van der Waals surface area contributed by atoms with Gasteiger partial charge in [0, 0.05) is 45.0 Å². The molecule has 3 aliphatic carbocycles. The summed E-state index contributed by atoms with van der Waals surface area (Å²) in [6.07, 6.45) is 3.47. The Balaban J connectivity index is 0.982. The molecule has 0 fully saturated rings. The average molecular weight is 737 g/mol. The van der Waals surface area contributed by atoms with Gasteiger partial charge in [0.2, 0.25) is 0 Å². The molecule has 2 nitrogen and oxygen atoms in total. The Morgan fingerprint density at radius 3 is 1.49 bits per heavy atom. The Kier molecular flexibility index (Phi) is 8.23. The van der Waals surface area contributed by atoms with Crippen molar-refractivity contribution >= 4 is 34.0 Å². The fourth-order valence-corrected chi connectivity index (χ4v) is 10.00. The molecule has 1 atom stereocenters. The fraction of sp³-hybridized carbons (Fsp3) is 0.164. The molecule has 1 unspecified atom stereocenters. The van der Waals surface area contributed by atoms with Crippen LogP contribution in [0.3, 0.4) is 0 Å². The lowest BCUT2D eigenvalue weighted by Crippen LogP contribution is -2.24. The van der Waals surface area contributed by atoms with Gasteiger partial charge in [-0.2, -0.15) is 0 Å². The van der Waals surface area contributed by atoms with Gasteiger partial charge in [0.1, 0.15) is 0 Å². The van der Waals surface area contributed by atoms with Crippen LogP contribution in [0, 0.1) is 5.92 Å². The third-order valence-electron chi connectivity index (χ3n) is 12.9. The van der Waals surface area contributed by atoms with Crippen LogP contribution in [0.2, 0.25) is 0 Å². The van der Waals surface area contributed by atoms with Crippen molar-refractivity contribution < 1.29 is 0 Å². The van der Waals surface area contributed by atoms with E-state index in [1.54, 1.807) is 0 Å². The van der Waals surface area contributed by atoms with Crippen LogP contribution in [-0.4, -0.2) is 0 Å². The number of hydrogen-bond acceptors (Lipinski definition) is 2. The van der Waals surface area contributed by atoms with Crippen molar-refractivity contribution in [2.24, 2.45) is 5.92 Å². The van der Waals surface area contributed by atoms with E-state index in [1.165, 1.54) is 72.7 Å². The molecule has 7 aromatic carbocycles. The van der Waals surface area contributed by atoms with Crippen LogP contribution in [0.25, 0.3) is 27.8 Å². The van der Waals surface area contributed by atoms with Crippen molar-refractivity contribution in [1.82, 2.24) is 0 Å². The Hall–Kier alpha value is -6.38. The van der Waals surface area contributed by atoms with E-state index in [0.717, 1.165) is 23.5 Å². The fourth-order valence-electron chi connectivity index (χ4n) is 10.00. The van der Waals surface area contributed by atoms with E-state index in [2.05, 4.69) is 226 Å². The number of rotatable bonds is 7. The van der Waals surface area contributed by atoms with Gasteiger partial charge in [-0.15, -0.1) is 0 Å². The average Bonchev–Trinajstić information content (AvgIpc) is 3.62. The molecule has 0 bridgehead atoms. The molecule has 0 aliphatic heterocycles.